The lowest BCUT2D eigenvalue weighted by Crippen LogP contribution is -2.46. The van der Waals surface area contributed by atoms with Gasteiger partial charge in [-0.25, -0.2) is 4.98 Å². The third-order valence-corrected chi connectivity index (χ3v) is 5.68. The standard InChI is InChI=1S/C18H32N4OS.HI/c1-17(2,3)14-12-24-15(22-14)11-20-16(19-4)21-13-18(7-6-8-18)9-10-23-5;/h12H,6-11,13H2,1-5H3,(H2,19,20,21);1H. The Labute approximate surface area is 173 Å². The summed E-state index contributed by atoms with van der Waals surface area (Å²) in [6.45, 7) is 9.09. The molecule has 0 aliphatic heterocycles. The first kappa shape index (κ1) is 22.6. The van der Waals surface area contributed by atoms with Gasteiger partial charge in [-0.1, -0.05) is 27.2 Å². The smallest absolute Gasteiger partial charge is 0.191 e. The molecular weight excluding hydrogens is 447 g/mol. The Kier molecular flexibility index (Phi) is 9.11. The van der Waals surface area contributed by atoms with Crippen molar-refractivity contribution in [2.75, 3.05) is 27.3 Å². The highest BCUT2D eigenvalue weighted by Crippen LogP contribution is 2.43. The molecule has 0 saturated heterocycles. The van der Waals surface area contributed by atoms with Crippen molar-refractivity contribution in [1.82, 2.24) is 15.6 Å². The number of aromatic nitrogens is 1. The minimum Gasteiger partial charge on any atom is -0.385 e. The molecule has 0 amide bonds. The van der Waals surface area contributed by atoms with Gasteiger partial charge in [-0.2, -0.15) is 0 Å². The molecule has 1 heterocycles. The highest BCUT2D eigenvalue weighted by atomic mass is 127. The van der Waals surface area contributed by atoms with Gasteiger partial charge in [0.1, 0.15) is 5.01 Å². The van der Waals surface area contributed by atoms with Crippen LogP contribution in [0.4, 0.5) is 0 Å². The summed E-state index contributed by atoms with van der Waals surface area (Å²) in [5, 5.41) is 10.1. The first-order chi connectivity index (χ1) is 11.4. The lowest BCUT2D eigenvalue weighted by molar-refractivity contribution is 0.0732. The fraction of sp³-hybridized carbons (Fsp3) is 0.778. The quantitative estimate of drug-likeness (QED) is 0.353. The number of methoxy groups -OCH3 is 1. The van der Waals surface area contributed by atoms with Gasteiger partial charge in [-0.05, 0) is 24.7 Å². The predicted molar refractivity (Wildman–Crippen MR) is 117 cm³/mol. The number of ether oxygens (including phenoxy) is 1. The zero-order valence-electron chi connectivity index (χ0n) is 16.1. The Hall–Kier alpha value is -0.410. The van der Waals surface area contributed by atoms with Crippen molar-refractivity contribution >= 4 is 41.3 Å². The van der Waals surface area contributed by atoms with E-state index in [1.165, 1.54) is 19.3 Å². The molecule has 0 radical (unpaired) electrons. The molecule has 1 fully saturated rings. The lowest BCUT2D eigenvalue weighted by atomic mass is 9.67. The van der Waals surface area contributed by atoms with Crippen molar-refractivity contribution in [3.8, 4) is 0 Å². The van der Waals surface area contributed by atoms with Gasteiger partial charge in [0.25, 0.3) is 0 Å². The molecule has 2 N–H and O–H groups in total. The molecule has 0 unspecified atom stereocenters. The summed E-state index contributed by atoms with van der Waals surface area (Å²) in [5.74, 6) is 0.853. The van der Waals surface area contributed by atoms with Gasteiger partial charge in [0.2, 0.25) is 0 Å². The molecule has 1 saturated carbocycles. The van der Waals surface area contributed by atoms with Crippen LogP contribution in [0.5, 0.6) is 0 Å². The molecule has 144 valence electrons. The topological polar surface area (TPSA) is 58.5 Å². The van der Waals surface area contributed by atoms with Crippen LogP contribution in [0.2, 0.25) is 0 Å². The second-order valence-electron chi connectivity index (χ2n) is 7.75. The summed E-state index contributed by atoms with van der Waals surface area (Å²) in [6.07, 6.45) is 5.00. The van der Waals surface area contributed by atoms with Crippen molar-refractivity contribution < 1.29 is 4.74 Å². The monoisotopic (exact) mass is 480 g/mol. The number of hydrogen-bond acceptors (Lipinski definition) is 4. The minimum atomic E-state index is 0. The van der Waals surface area contributed by atoms with Crippen LogP contribution in [0.15, 0.2) is 10.4 Å². The molecule has 1 aromatic heterocycles. The third kappa shape index (κ3) is 6.67. The zero-order valence-corrected chi connectivity index (χ0v) is 19.3. The van der Waals surface area contributed by atoms with Gasteiger partial charge < -0.3 is 15.4 Å². The molecule has 7 heteroatoms. The number of rotatable bonds is 7. The van der Waals surface area contributed by atoms with Crippen molar-refractivity contribution in [3.63, 3.8) is 0 Å². The van der Waals surface area contributed by atoms with Gasteiger partial charge >= 0.3 is 0 Å². The van der Waals surface area contributed by atoms with Crippen LogP contribution in [0, 0.1) is 5.41 Å². The van der Waals surface area contributed by atoms with Gasteiger partial charge in [0.05, 0.1) is 12.2 Å². The molecule has 2 rings (SSSR count). The van der Waals surface area contributed by atoms with E-state index in [1.807, 2.05) is 7.05 Å². The molecule has 5 nitrogen and oxygen atoms in total. The number of halogens is 1. The molecule has 1 aliphatic carbocycles. The lowest BCUT2D eigenvalue weighted by Gasteiger charge is -2.42. The maximum Gasteiger partial charge on any atom is 0.191 e. The van der Waals surface area contributed by atoms with Crippen LogP contribution < -0.4 is 10.6 Å². The Morgan fingerprint density at radius 3 is 2.56 bits per heavy atom. The second-order valence-corrected chi connectivity index (χ2v) is 8.69. The van der Waals surface area contributed by atoms with Gasteiger partial charge in [-0.15, -0.1) is 35.3 Å². The predicted octanol–water partition coefficient (Wildman–Crippen LogP) is 3.93. The Balaban J connectivity index is 0.00000312. The first-order valence-corrected chi connectivity index (χ1v) is 9.65. The van der Waals surface area contributed by atoms with Gasteiger partial charge in [0.15, 0.2) is 5.96 Å². The highest BCUT2D eigenvalue weighted by Gasteiger charge is 2.36. The van der Waals surface area contributed by atoms with E-state index in [0.717, 1.165) is 36.2 Å². The summed E-state index contributed by atoms with van der Waals surface area (Å²) in [6, 6.07) is 0. The van der Waals surface area contributed by atoms with Crippen LogP contribution in [0.25, 0.3) is 0 Å². The van der Waals surface area contributed by atoms with E-state index >= 15 is 0 Å². The van der Waals surface area contributed by atoms with E-state index in [2.05, 4.69) is 41.8 Å². The molecule has 1 aliphatic rings. The number of nitrogens with one attached hydrogen (secondary N) is 2. The number of nitrogens with zero attached hydrogens (tertiary/aromatic N) is 2. The van der Waals surface area contributed by atoms with E-state index in [4.69, 9.17) is 9.72 Å². The zero-order chi connectivity index (χ0) is 17.6. The molecule has 0 aromatic carbocycles. The Morgan fingerprint density at radius 2 is 2.08 bits per heavy atom. The maximum atomic E-state index is 5.26. The summed E-state index contributed by atoms with van der Waals surface area (Å²) >= 11 is 1.71. The average molecular weight is 480 g/mol. The summed E-state index contributed by atoms with van der Waals surface area (Å²) in [5.41, 5.74) is 1.64. The number of guanidine groups is 1. The first-order valence-electron chi connectivity index (χ1n) is 8.77. The molecule has 25 heavy (non-hydrogen) atoms. The van der Waals surface area contributed by atoms with Gasteiger partial charge in [-0.3, -0.25) is 4.99 Å². The summed E-state index contributed by atoms with van der Waals surface area (Å²) < 4.78 is 5.26. The number of aliphatic imine (C=N–C) groups is 1. The third-order valence-electron chi connectivity index (χ3n) is 4.83. The van der Waals surface area contributed by atoms with Crippen LogP contribution in [0.1, 0.15) is 57.2 Å². The number of hydrogen-bond donors (Lipinski definition) is 2. The molecule has 0 spiro atoms. The largest absolute Gasteiger partial charge is 0.385 e. The van der Waals surface area contributed by atoms with Crippen molar-refractivity contribution in [2.24, 2.45) is 10.4 Å². The molecular formula is C18H33IN4OS. The molecule has 0 bridgehead atoms. The van der Waals surface area contributed by atoms with Gasteiger partial charge in [0, 0.05) is 38.1 Å². The van der Waals surface area contributed by atoms with E-state index in [0.29, 0.717) is 12.0 Å². The van der Waals surface area contributed by atoms with Crippen molar-refractivity contribution in [3.05, 3.63) is 16.1 Å². The molecule has 1 aromatic rings. The normalized spacial score (nSPS) is 16.8. The van der Waals surface area contributed by atoms with Crippen LogP contribution in [-0.2, 0) is 16.7 Å². The second kappa shape index (κ2) is 10.1. The minimum absolute atomic E-state index is 0. The summed E-state index contributed by atoms with van der Waals surface area (Å²) in [7, 11) is 3.60. The van der Waals surface area contributed by atoms with Crippen LogP contribution in [-0.4, -0.2) is 38.3 Å². The average Bonchev–Trinajstić information content (AvgIpc) is 2.97. The van der Waals surface area contributed by atoms with Crippen molar-refractivity contribution in [2.45, 2.75) is 58.4 Å². The molecule has 0 atom stereocenters. The Bertz CT molecular complexity index is 550. The Morgan fingerprint density at radius 1 is 1.36 bits per heavy atom. The fourth-order valence-corrected chi connectivity index (χ4v) is 3.86. The highest BCUT2D eigenvalue weighted by molar-refractivity contribution is 14.0. The van der Waals surface area contributed by atoms with Crippen LogP contribution >= 0.6 is 35.3 Å². The van der Waals surface area contributed by atoms with E-state index in [1.54, 1.807) is 18.4 Å². The van der Waals surface area contributed by atoms with E-state index in [-0.39, 0.29) is 29.4 Å². The van der Waals surface area contributed by atoms with Crippen molar-refractivity contribution in [1.29, 1.82) is 0 Å². The van der Waals surface area contributed by atoms with Crippen LogP contribution in [0.3, 0.4) is 0 Å². The number of thiazole rings is 1. The summed E-state index contributed by atoms with van der Waals surface area (Å²) in [4.78, 5) is 9.06. The SMILES string of the molecule is CN=C(NCc1nc(C(C)(C)C)cs1)NCC1(CCOC)CCC1.I. The maximum absolute atomic E-state index is 5.26. The van der Waals surface area contributed by atoms with E-state index < -0.39 is 0 Å². The van der Waals surface area contributed by atoms with E-state index in [9.17, 15) is 0 Å². The fourth-order valence-electron chi connectivity index (χ4n) is 2.90.